The minimum atomic E-state index is 0.308. The van der Waals surface area contributed by atoms with Crippen molar-refractivity contribution >= 4 is 17.3 Å². The molecule has 2 rings (SSSR count). The van der Waals surface area contributed by atoms with Crippen LogP contribution >= 0.6 is 11.3 Å². The lowest BCUT2D eigenvalue weighted by atomic mass is 10.0. The van der Waals surface area contributed by atoms with Gasteiger partial charge in [0.2, 0.25) is 0 Å². The Bertz CT molecular complexity index is 696. The monoisotopic (exact) mass is 360 g/mol. The second-order valence-corrected chi connectivity index (χ2v) is 7.21. The highest BCUT2D eigenvalue weighted by atomic mass is 32.1. The molecule has 0 fully saturated rings. The van der Waals surface area contributed by atoms with Gasteiger partial charge in [0.25, 0.3) is 0 Å². The first-order valence-corrected chi connectivity index (χ1v) is 9.44. The van der Waals surface area contributed by atoms with Crippen molar-refractivity contribution in [3.05, 3.63) is 45.9 Å². The number of aromatic nitrogens is 1. The number of nitrogens with zero attached hydrogens (tertiary/aromatic N) is 2. The lowest BCUT2D eigenvalue weighted by molar-refractivity contribution is 0.406. The topological polar surface area (TPSA) is 58.5 Å². The molecule has 2 aromatic rings. The lowest BCUT2D eigenvalue weighted by Crippen LogP contribution is -2.38. The molecule has 0 aliphatic heterocycles. The first kappa shape index (κ1) is 19.2. The zero-order valence-electron chi connectivity index (χ0n) is 15.7. The van der Waals surface area contributed by atoms with E-state index in [0.717, 1.165) is 29.0 Å². The average molecular weight is 361 g/mol. The minimum absolute atomic E-state index is 0.308. The van der Waals surface area contributed by atoms with Gasteiger partial charge in [0.15, 0.2) is 5.96 Å². The molecule has 1 heterocycles. The molecule has 0 aliphatic carbocycles. The molecule has 1 aromatic heterocycles. The number of hydrogen-bond donors (Lipinski definition) is 2. The molecule has 0 bridgehead atoms. The summed E-state index contributed by atoms with van der Waals surface area (Å²) in [6.07, 6.45) is 0. The first-order valence-electron chi connectivity index (χ1n) is 8.56. The SMILES string of the molecule is CN=C(NCc1nc(C(C)C)cs1)NCC(C)c1ccccc1OC. The Kier molecular flexibility index (Phi) is 7.25. The first-order chi connectivity index (χ1) is 12.0. The maximum absolute atomic E-state index is 5.45. The Morgan fingerprint density at radius 3 is 2.64 bits per heavy atom. The molecule has 1 unspecified atom stereocenters. The van der Waals surface area contributed by atoms with E-state index in [1.54, 1.807) is 25.5 Å². The van der Waals surface area contributed by atoms with Gasteiger partial charge in [-0.15, -0.1) is 11.3 Å². The fraction of sp³-hybridized carbons (Fsp3) is 0.474. The van der Waals surface area contributed by atoms with Crippen molar-refractivity contribution in [1.82, 2.24) is 15.6 Å². The van der Waals surface area contributed by atoms with Gasteiger partial charge in [-0.2, -0.15) is 0 Å². The van der Waals surface area contributed by atoms with Crippen molar-refractivity contribution in [1.29, 1.82) is 0 Å². The van der Waals surface area contributed by atoms with E-state index in [-0.39, 0.29) is 0 Å². The molecule has 5 nitrogen and oxygen atoms in total. The fourth-order valence-electron chi connectivity index (χ4n) is 2.48. The highest BCUT2D eigenvalue weighted by Gasteiger charge is 2.12. The van der Waals surface area contributed by atoms with E-state index in [9.17, 15) is 0 Å². The largest absolute Gasteiger partial charge is 0.496 e. The number of hydrogen-bond acceptors (Lipinski definition) is 4. The zero-order chi connectivity index (χ0) is 18.2. The lowest BCUT2D eigenvalue weighted by Gasteiger charge is -2.18. The van der Waals surface area contributed by atoms with Gasteiger partial charge in [-0.3, -0.25) is 4.99 Å². The number of methoxy groups -OCH3 is 1. The predicted octanol–water partition coefficient (Wildman–Crippen LogP) is 3.74. The molecule has 0 radical (unpaired) electrons. The maximum atomic E-state index is 5.45. The molecule has 0 spiro atoms. The smallest absolute Gasteiger partial charge is 0.191 e. The van der Waals surface area contributed by atoms with Crippen LogP contribution in [0.1, 0.15) is 48.9 Å². The summed E-state index contributed by atoms with van der Waals surface area (Å²) in [6, 6.07) is 8.12. The number of nitrogens with one attached hydrogen (secondary N) is 2. The molecule has 0 aliphatic rings. The molecular formula is C19H28N4OS. The number of guanidine groups is 1. The van der Waals surface area contributed by atoms with Gasteiger partial charge in [0.1, 0.15) is 10.8 Å². The number of rotatable bonds is 7. The number of benzene rings is 1. The number of thiazole rings is 1. The van der Waals surface area contributed by atoms with Crippen LogP contribution in [0.15, 0.2) is 34.6 Å². The molecular weight excluding hydrogens is 332 g/mol. The highest BCUT2D eigenvalue weighted by Crippen LogP contribution is 2.25. The standard InChI is InChI=1S/C19H28N4OS/c1-13(2)16-12-25-18(23-16)11-22-19(20-4)21-10-14(3)15-8-6-7-9-17(15)24-5/h6-9,12-14H,10-11H2,1-5H3,(H2,20,21,22). The molecule has 0 amide bonds. The molecule has 25 heavy (non-hydrogen) atoms. The maximum Gasteiger partial charge on any atom is 0.191 e. The Balaban J connectivity index is 1.87. The highest BCUT2D eigenvalue weighted by molar-refractivity contribution is 7.09. The van der Waals surface area contributed by atoms with Crippen LogP contribution in [0.2, 0.25) is 0 Å². The molecule has 0 saturated heterocycles. The predicted molar refractivity (Wildman–Crippen MR) is 106 cm³/mol. The van der Waals surface area contributed by atoms with E-state index in [1.165, 1.54) is 5.56 Å². The number of aliphatic imine (C=N–C) groups is 1. The Labute approximate surface area is 154 Å². The van der Waals surface area contributed by atoms with Crippen LogP contribution in [0.25, 0.3) is 0 Å². The Hall–Kier alpha value is -2.08. The molecule has 2 N–H and O–H groups in total. The van der Waals surface area contributed by atoms with Crippen LogP contribution in [-0.4, -0.2) is 31.6 Å². The van der Waals surface area contributed by atoms with Crippen LogP contribution < -0.4 is 15.4 Å². The van der Waals surface area contributed by atoms with Crippen molar-refractivity contribution in [3.63, 3.8) is 0 Å². The normalized spacial score (nSPS) is 13.0. The Morgan fingerprint density at radius 1 is 1.24 bits per heavy atom. The van der Waals surface area contributed by atoms with Crippen LogP contribution in [0.3, 0.4) is 0 Å². The molecule has 0 saturated carbocycles. The fourth-order valence-corrected chi connectivity index (χ4v) is 3.38. The minimum Gasteiger partial charge on any atom is -0.496 e. The van der Waals surface area contributed by atoms with E-state index in [2.05, 4.69) is 52.8 Å². The van der Waals surface area contributed by atoms with Crippen LogP contribution in [0, 0.1) is 0 Å². The van der Waals surface area contributed by atoms with Gasteiger partial charge in [0.05, 0.1) is 19.3 Å². The van der Waals surface area contributed by atoms with Crippen molar-refractivity contribution in [2.24, 2.45) is 4.99 Å². The van der Waals surface area contributed by atoms with Crippen molar-refractivity contribution in [2.75, 3.05) is 20.7 Å². The number of para-hydroxylation sites is 1. The van der Waals surface area contributed by atoms with E-state index < -0.39 is 0 Å². The third-order valence-electron chi connectivity index (χ3n) is 4.04. The third-order valence-corrected chi connectivity index (χ3v) is 4.90. The summed E-state index contributed by atoms with van der Waals surface area (Å²) >= 11 is 1.68. The Morgan fingerprint density at radius 2 is 2.00 bits per heavy atom. The van der Waals surface area contributed by atoms with E-state index in [4.69, 9.17) is 4.74 Å². The summed E-state index contributed by atoms with van der Waals surface area (Å²) < 4.78 is 5.45. The van der Waals surface area contributed by atoms with Gasteiger partial charge in [-0.05, 0) is 17.5 Å². The zero-order valence-corrected chi connectivity index (χ0v) is 16.5. The molecule has 6 heteroatoms. The molecule has 1 atom stereocenters. The van der Waals surface area contributed by atoms with Crippen LogP contribution in [0.5, 0.6) is 5.75 Å². The molecule has 136 valence electrons. The second kappa shape index (κ2) is 9.42. The van der Waals surface area contributed by atoms with Gasteiger partial charge < -0.3 is 15.4 Å². The summed E-state index contributed by atoms with van der Waals surface area (Å²) in [5, 5.41) is 9.91. The van der Waals surface area contributed by atoms with E-state index in [1.807, 2.05) is 18.2 Å². The van der Waals surface area contributed by atoms with E-state index in [0.29, 0.717) is 18.4 Å². The summed E-state index contributed by atoms with van der Waals surface area (Å²) in [7, 11) is 3.49. The summed E-state index contributed by atoms with van der Waals surface area (Å²) in [4.78, 5) is 8.93. The third kappa shape index (κ3) is 5.46. The summed E-state index contributed by atoms with van der Waals surface area (Å²) in [6.45, 7) is 7.95. The van der Waals surface area contributed by atoms with Crippen molar-refractivity contribution in [3.8, 4) is 5.75 Å². The van der Waals surface area contributed by atoms with Crippen molar-refractivity contribution in [2.45, 2.75) is 39.2 Å². The second-order valence-electron chi connectivity index (χ2n) is 6.27. The number of ether oxygens (including phenoxy) is 1. The van der Waals surface area contributed by atoms with E-state index >= 15 is 0 Å². The van der Waals surface area contributed by atoms with Gasteiger partial charge >= 0.3 is 0 Å². The van der Waals surface area contributed by atoms with Crippen molar-refractivity contribution < 1.29 is 4.74 Å². The summed E-state index contributed by atoms with van der Waals surface area (Å²) in [5.74, 6) is 2.47. The quantitative estimate of drug-likeness (QED) is 0.583. The summed E-state index contributed by atoms with van der Waals surface area (Å²) in [5.41, 5.74) is 2.34. The van der Waals surface area contributed by atoms with Gasteiger partial charge in [0, 0.05) is 24.9 Å². The van der Waals surface area contributed by atoms with Crippen LogP contribution in [-0.2, 0) is 6.54 Å². The average Bonchev–Trinajstić information content (AvgIpc) is 3.11. The van der Waals surface area contributed by atoms with Gasteiger partial charge in [-0.1, -0.05) is 39.0 Å². The van der Waals surface area contributed by atoms with Gasteiger partial charge in [-0.25, -0.2) is 4.98 Å². The van der Waals surface area contributed by atoms with Crippen LogP contribution in [0.4, 0.5) is 0 Å². The molecule has 1 aromatic carbocycles.